The van der Waals surface area contributed by atoms with E-state index < -0.39 is 17.8 Å². The Labute approximate surface area is 156 Å². The van der Waals surface area contributed by atoms with E-state index in [9.17, 15) is 19.1 Å². The Bertz CT molecular complexity index is 817. The van der Waals surface area contributed by atoms with Gasteiger partial charge >= 0.3 is 0 Å². The maximum absolute atomic E-state index is 13.0. The normalized spacial score (nSPS) is 15.4. The molecule has 0 aliphatic carbocycles. The molecule has 0 aromatic heterocycles. The van der Waals surface area contributed by atoms with Gasteiger partial charge in [0.25, 0.3) is 11.8 Å². The lowest BCUT2D eigenvalue weighted by Crippen LogP contribution is -2.51. The number of amides is 2. The van der Waals surface area contributed by atoms with E-state index >= 15 is 0 Å². The van der Waals surface area contributed by atoms with Crippen molar-refractivity contribution in [3.05, 3.63) is 65.5 Å². The fraction of sp³-hybridized carbons (Fsp3) is 0.300. The summed E-state index contributed by atoms with van der Waals surface area (Å²) in [7, 11) is 1.51. The molecule has 1 atom stereocenters. The first kappa shape index (κ1) is 18.8. The van der Waals surface area contributed by atoms with Crippen molar-refractivity contribution in [2.45, 2.75) is 6.10 Å². The summed E-state index contributed by atoms with van der Waals surface area (Å²) in [5.74, 6) is -0.528. The number of nitrogens with zero attached hydrogens (tertiary/aromatic N) is 2. The number of carbonyl (C=O) groups is 2. The number of halogens is 1. The van der Waals surface area contributed by atoms with Crippen LogP contribution in [0.4, 0.5) is 4.39 Å². The number of rotatable bonds is 4. The van der Waals surface area contributed by atoms with Crippen LogP contribution in [0.25, 0.3) is 0 Å². The van der Waals surface area contributed by atoms with Crippen molar-refractivity contribution in [2.24, 2.45) is 0 Å². The topological polar surface area (TPSA) is 70.1 Å². The quantitative estimate of drug-likeness (QED) is 0.889. The number of ether oxygens (including phenoxy) is 1. The second kappa shape index (κ2) is 8.18. The molecule has 1 heterocycles. The Morgan fingerprint density at radius 1 is 1.00 bits per heavy atom. The average molecular weight is 372 g/mol. The molecule has 0 spiro atoms. The number of aliphatic hydroxyl groups is 1. The summed E-state index contributed by atoms with van der Waals surface area (Å²) < 4.78 is 18.2. The summed E-state index contributed by atoms with van der Waals surface area (Å²) in [6.45, 7) is 1.35. The SMILES string of the molecule is COc1ccccc1C(=O)N1CCN(C(=O)[C@H](O)c2ccc(F)cc2)CC1. The van der Waals surface area contributed by atoms with Crippen molar-refractivity contribution < 1.29 is 23.8 Å². The van der Waals surface area contributed by atoms with Gasteiger partial charge in [-0.25, -0.2) is 4.39 Å². The Morgan fingerprint density at radius 3 is 2.22 bits per heavy atom. The molecule has 6 nitrogen and oxygen atoms in total. The molecule has 2 aromatic carbocycles. The van der Waals surface area contributed by atoms with Crippen molar-refractivity contribution >= 4 is 11.8 Å². The second-order valence-corrected chi connectivity index (χ2v) is 6.27. The summed E-state index contributed by atoms with van der Waals surface area (Å²) >= 11 is 0. The van der Waals surface area contributed by atoms with Gasteiger partial charge in [-0.3, -0.25) is 9.59 Å². The third-order valence-corrected chi connectivity index (χ3v) is 4.64. The lowest BCUT2D eigenvalue weighted by atomic mass is 10.1. The summed E-state index contributed by atoms with van der Waals surface area (Å²) in [6.07, 6.45) is -1.35. The summed E-state index contributed by atoms with van der Waals surface area (Å²) in [5.41, 5.74) is 0.819. The van der Waals surface area contributed by atoms with Crippen LogP contribution in [0.1, 0.15) is 22.0 Å². The van der Waals surface area contributed by atoms with Crippen LogP contribution in [0.3, 0.4) is 0 Å². The zero-order valence-corrected chi connectivity index (χ0v) is 15.0. The highest BCUT2D eigenvalue weighted by Gasteiger charge is 2.29. The van der Waals surface area contributed by atoms with Gasteiger partial charge in [0.1, 0.15) is 11.6 Å². The van der Waals surface area contributed by atoms with E-state index in [0.29, 0.717) is 43.1 Å². The van der Waals surface area contributed by atoms with E-state index in [0.717, 1.165) is 0 Å². The predicted molar refractivity (Wildman–Crippen MR) is 96.8 cm³/mol. The minimum absolute atomic E-state index is 0.154. The van der Waals surface area contributed by atoms with E-state index in [1.165, 1.54) is 36.3 Å². The fourth-order valence-electron chi connectivity index (χ4n) is 3.08. The van der Waals surface area contributed by atoms with Crippen LogP contribution in [-0.4, -0.2) is 60.0 Å². The number of aliphatic hydroxyl groups excluding tert-OH is 1. The number of carbonyl (C=O) groups excluding carboxylic acids is 2. The van der Waals surface area contributed by atoms with Gasteiger partial charge in [-0.2, -0.15) is 0 Å². The Balaban J connectivity index is 1.62. The molecule has 2 aromatic rings. The number of piperazine rings is 1. The molecule has 1 N–H and O–H groups in total. The lowest BCUT2D eigenvalue weighted by molar-refractivity contribution is -0.142. The van der Waals surface area contributed by atoms with E-state index in [2.05, 4.69) is 0 Å². The van der Waals surface area contributed by atoms with Gasteiger partial charge in [0.2, 0.25) is 0 Å². The predicted octanol–water partition coefficient (Wildman–Crippen LogP) is 1.85. The first-order chi connectivity index (χ1) is 13.0. The first-order valence-corrected chi connectivity index (χ1v) is 8.66. The van der Waals surface area contributed by atoms with Gasteiger partial charge in [0.05, 0.1) is 12.7 Å². The highest BCUT2D eigenvalue weighted by molar-refractivity contribution is 5.97. The monoisotopic (exact) mass is 372 g/mol. The third kappa shape index (κ3) is 4.09. The molecule has 2 amide bonds. The molecule has 0 bridgehead atoms. The van der Waals surface area contributed by atoms with Gasteiger partial charge in [-0.1, -0.05) is 24.3 Å². The smallest absolute Gasteiger partial charge is 0.257 e. The standard InChI is InChI=1S/C20H21FN2O4/c1-27-17-5-3-2-4-16(17)19(25)22-10-12-23(13-11-22)20(26)18(24)14-6-8-15(21)9-7-14/h2-9,18,24H,10-13H2,1H3/t18-/m1/s1. The van der Waals surface area contributed by atoms with Crippen LogP contribution in [0.15, 0.2) is 48.5 Å². The zero-order chi connectivity index (χ0) is 19.4. The summed E-state index contributed by atoms with van der Waals surface area (Å²) in [6, 6.07) is 12.2. The van der Waals surface area contributed by atoms with Crippen LogP contribution >= 0.6 is 0 Å². The third-order valence-electron chi connectivity index (χ3n) is 4.64. The Kier molecular flexibility index (Phi) is 5.71. The second-order valence-electron chi connectivity index (χ2n) is 6.27. The minimum Gasteiger partial charge on any atom is -0.496 e. The van der Waals surface area contributed by atoms with Crippen molar-refractivity contribution in [3.63, 3.8) is 0 Å². The minimum atomic E-state index is -1.35. The van der Waals surface area contributed by atoms with E-state index in [4.69, 9.17) is 4.74 Å². The van der Waals surface area contributed by atoms with Crippen molar-refractivity contribution in [1.29, 1.82) is 0 Å². The molecule has 0 radical (unpaired) electrons. The summed E-state index contributed by atoms with van der Waals surface area (Å²) in [5, 5.41) is 10.2. The van der Waals surface area contributed by atoms with Crippen LogP contribution in [-0.2, 0) is 4.79 Å². The van der Waals surface area contributed by atoms with Crippen LogP contribution < -0.4 is 4.74 Å². The van der Waals surface area contributed by atoms with Gasteiger partial charge in [-0.15, -0.1) is 0 Å². The van der Waals surface area contributed by atoms with Crippen molar-refractivity contribution in [3.8, 4) is 5.75 Å². The van der Waals surface area contributed by atoms with Gasteiger partial charge in [0.15, 0.2) is 6.10 Å². The molecule has 1 saturated heterocycles. The molecule has 27 heavy (non-hydrogen) atoms. The molecular formula is C20H21FN2O4. The van der Waals surface area contributed by atoms with E-state index in [-0.39, 0.29) is 5.91 Å². The molecule has 7 heteroatoms. The number of benzene rings is 2. The summed E-state index contributed by atoms with van der Waals surface area (Å²) in [4.78, 5) is 28.4. The largest absolute Gasteiger partial charge is 0.496 e. The first-order valence-electron chi connectivity index (χ1n) is 8.66. The maximum Gasteiger partial charge on any atom is 0.257 e. The average Bonchev–Trinajstić information content (AvgIpc) is 2.72. The molecule has 0 saturated carbocycles. The Hall–Kier alpha value is -2.93. The van der Waals surface area contributed by atoms with Crippen LogP contribution in [0.5, 0.6) is 5.75 Å². The molecule has 1 fully saturated rings. The van der Waals surface area contributed by atoms with Gasteiger partial charge < -0.3 is 19.6 Å². The van der Waals surface area contributed by atoms with Gasteiger partial charge in [-0.05, 0) is 29.8 Å². The highest BCUT2D eigenvalue weighted by Crippen LogP contribution is 2.21. The van der Waals surface area contributed by atoms with Crippen LogP contribution in [0, 0.1) is 5.82 Å². The number of methoxy groups -OCH3 is 1. The maximum atomic E-state index is 13.0. The van der Waals surface area contributed by atoms with Crippen LogP contribution in [0.2, 0.25) is 0 Å². The molecule has 3 rings (SSSR count). The molecule has 142 valence electrons. The number of hydrogen-bond acceptors (Lipinski definition) is 4. The number of hydrogen-bond donors (Lipinski definition) is 1. The van der Waals surface area contributed by atoms with E-state index in [1.807, 2.05) is 0 Å². The molecule has 1 aliphatic rings. The highest BCUT2D eigenvalue weighted by atomic mass is 19.1. The van der Waals surface area contributed by atoms with Crippen molar-refractivity contribution in [1.82, 2.24) is 9.80 Å². The molecule has 1 aliphatic heterocycles. The molecular weight excluding hydrogens is 351 g/mol. The Morgan fingerprint density at radius 2 is 1.59 bits per heavy atom. The van der Waals surface area contributed by atoms with E-state index in [1.54, 1.807) is 29.2 Å². The number of para-hydroxylation sites is 1. The van der Waals surface area contributed by atoms with Crippen molar-refractivity contribution in [2.75, 3.05) is 33.3 Å². The lowest BCUT2D eigenvalue weighted by Gasteiger charge is -2.35. The van der Waals surface area contributed by atoms with Gasteiger partial charge in [0, 0.05) is 26.2 Å². The fourth-order valence-corrected chi connectivity index (χ4v) is 3.08. The molecule has 0 unspecified atom stereocenters. The zero-order valence-electron chi connectivity index (χ0n) is 15.0.